The molecule has 1 aliphatic carbocycles. The van der Waals surface area contributed by atoms with Gasteiger partial charge in [-0.25, -0.2) is 0 Å². The van der Waals surface area contributed by atoms with Crippen molar-refractivity contribution in [3.8, 4) is 5.75 Å². The topological polar surface area (TPSA) is 84.5 Å². The van der Waals surface area contributed by atoms with Crippen molar-refractivity contribution < 1.29 is 32.3 Å². The van der Waals surface area contributed by atoms with Crippen molar-refractivity contribution in [3.05, 3.63) is 64.1 Å². The Bertz CT molecular complexity index is 1100. The first kappa shape index (κ1) is 29.8. The fourth-order valence-corrected chi connectivity index (χ4v) is 4.99. The van der Waals surface area contributed by atoms with E-state index in [0.717, 1.165) is 39.0 Å². The van der Waals surface area contributed by atoms with Crippen LogP contribution in [0.2, 0.25) is 10.0 Å². The van der Waals surface area contributed by atoms with Gasteiger partial charge in [0.25, 0.3) is 11.7 Å². The number of alkyl halides is 3. The van der Waals surface area contributed by atoms with Crippen LogP contribution in [0, 0.1) is 5.92 Å². The maximum Gasteiger partial charge on any atom is 0.452 e. The van der Waals surface area contributed by atoms with E-state index in [2.05, 4.69) is 10.6 Å². The number of hydrogen-bond acceptors (Lipinski definition) is 4. The Morgan fingerprint density at radius 2 is 1.55 bits per heavy atom. The summed E-state index contributed by atoms with van der Waals surface area (Å²) in [5, 5.41) is 5.33. The van der Waals surface area contributed by atoms with Gasteiger partial charge in [-0.15, -0.1) is 0 Å². The zero-order valence-electron chi connectivity index (χ0n) is 20.7. The predicted molar refractivity (Wildman–Crippen MR) is 138 cm³/mol. The van der Waals surface area contributed by atoms with Crippen LogP contribution in [-0.2, 0) is 14.4 Å². The van der Waals surface area contributed by atoms with E-state index in [-0.39, 0.29) is 11.7 Å². The number of ether oxygens (including phenoxy) is 1. The van der Waals surface area contributed by atoms with Gasteiger partial charge in [0.05, 0.1) is 6.04 Å². The highest BCUT2D eigenvalue weighted by Crippen LogP contribution is 2.31. The van der Waals surface area contributed by atoms with Gasteiger partial charge in [-0.05, 0) is 43.0 Å². The minimum Gasteiger partial charge on any atom is -0.480 e. The fraction of sp³-hybridized carbons (Fsp3) is 0.444. The highest BCUT2D eigenvalue weighted by molar-refractivity contribution is 6.34. The second kappa shape index (κ2) is 13.3. The molecule has 2 aromatic carbocycles. The van der Waals surface area contributed by atoms with Gasteiger partial charge >= 0.3 is 6.18 Å². The molecule has 3 rings (SSSR count). The Hall–Kier alpha value is -2.78. The first-order chi connectivity index (χ1) is 17.9. The number of Topliss-reactive ketones (excluding diaryl/α,β-unsaturated/α-hetero) is 1. The lowest BCUT2D eigenvalue weighted by atomic mass is 9.85. The highest BCUT2D eigenvalue weighted by Gasteiger charge is 2.43. The molecule has 1 unspecified atom stereocenters. The maximum atomic E-state index is 13.5. The molecule has 1 aliphatic rings. The van der Waals surface area contributed by atoms with Gasteiger partial charge in [0.2, 0.25) is 5.91 Å². The molecule has 1 saturated carbocycles. The lowest BCUT2D eigenvalue weighted by Gasteiger charge is -2.28. The van der Waals surface area contributed by atoms with Crippen molar-refractivity contribution in [2.75, 3.05) is 0 Å². The van der Waals surface area contributed by atoms with Crippen LogP contribution >= 0.6 is 23.2 Å². The van der Waals surface area contributed by atoms with Gasteiger partial charge in [-0.2, -0.15) is 13.2 Å². The van der Waals surface area contributed by atoms with Gasteiger partial charge in [0.1, 0.15) is 11.8 Å². The van der Waals surface area contributed by atoms with E-state index in [1.54, 1.807) is 30.3 Å². The van der Waals surface area contributed by atoms with Crippen molar-refractivity contribution in [3.63, 3.8) is 0 Å². The number of amides is 2. The van der Waals surface area contributed by atoms with E-state index in [0.29, 0.717) is 22.0 Å². The molecule has 2 N–H and O–H groups in total. The lowest BCUT2D eigenvalue weighted by molar-refractivity contribution is -0.173. The molecular formula is C27H29Cl2F3N2O4. The Kier molecular flexibility index (Phi) is 10.4. The third-order valence-corrected chi connectivity index (χ3v) is 6.83. The first-order valence-corrected chi connectivity index (χ1v) is 13.1. The summed E-state index contributed by atoms with van der Waals surface area (Å²) in [7, 11) is 0. The summed E-state index contributed by atoms with van der Waals surface area (Å²) in [6.07, 6.45) is -0.766. The molecule has 0 saturated heterocycles. The standard InChI is InChI=1S/C27H29Cl2F3N2O4/c1-16(24(35)27(30,31)32)33-26(37)23(18-10-6-3-7-11-18)34-25(36)22(12-17-8-4-2-5-9-17)38-21-14-19(28)13-20(29)15-21/h3,6-7,10-11,13-17,22-23H,2,4-5,8-9,12H2,1H3,(H,33,37)(H,34,36)/t16-,22?,23-/m0/s1. The van der Waals surface area contributed by atoms with Crippen LogP contribution in [0.4, 0.5) is 13.2 Å². The lowest BCUT2D eigenvalue weighted by Crippen LogP contribution is -2.51. The van der Waals surface area contributed by atoms with Gasteiger partial charge in [-0.3, -0.25) is 14.4 Å². The monoisotopic (exact) mass is 572 g/mol. The molecule has 0 aromatic heterocycles. The zero-order valence-corrected chi connectivity index (χ0v) is 22.2. The summed E-state index contributed by atoms with van der Waals surface area (Å²) in [6, 6.07) is 9.37. The fourth-order valence-electron chi connectivity index (χ4n) is 4.48. The molecule has 2 amide bonds. The molecule has 3 atom stereocenters. The molecule has 0 radical (unpaired) electrons. The zero-order chi connectivity index (χ0) is 27.9. The minimum atomic E-state index is -5.12. The summed E-state index contributed by atoms with van der Waals surface area (Å²) in [5.41, 5.74) is 0.326. The van der Waals surface area contributed by atoms with E-state index in [9.17, 15) is 27.6 Å². The summed E-state index contributed by atoms with van der Waals surface area (Å²) >= 11 is 12.2. The molecule has 0 aliphatic heterocycles. The molecule has 0 heterocycles. The van der Waals surface area contributed by atoms with E-state index in [1.807, 2.05) is 0 Å². The van der Waals surface area contributed by atoms with E-state index in [1.165, 1.54) is 18.2 Å². The van der Waals surface area contributed by atoms with Crippen molar-refractivity contribution in [1.82, 2.24) is 10.6 Å². The smallest absolute Gasteiger partial charge is 0.452 e. The van der Waals surface area contributed by atoms with Crippen molar-refractivity contribution >= 4 is 40.8 Å². The molecule has 2 aromatic rings. The molecular weight excluding hydrogens is 544 g/mol. The Labute approximate surface area is 229 Å². The third-order valence-electron chi connectivity index (χ3n) is 6.39. The van der Waals surface area contributed by atoms with Crippen LogP contribution in [0.25, 0.3) is 0 Å². The molecule has 206 valence electrons. The van der Waals surface area contributed by atoms with Crippen LogP contribution in [0.3, 0.4) is 0 Å². The summed E-state index contributed by atoms with van der Waals surface area (Å²) in [5.74, 6) is -3.21. The van der Waals surface area contributed by atoms with Gasteiger partial charge in [-0.1, -0.05) is 85.6 Å². The molecule has 0 bridgehead atoms. The van der Waals surface area contributed by atoms with Crippen LogP contribution in [0.5, 0.6) is 5.75 Å². The number of carbonyl (C=O) groups excluding carboxylic acids is 3. The molecule has 38 heavy (non-hydrogen) atoms. The second-order valence-corrected chi connectivity index (χ2v) is 10.3. The number of nitrogens with one attached hydrogen (secondary N) is 2. The first-order valence-electron chi connectivity index (χ1n) is 12.3. The van der Waals surface area contributed by atoms with E-state index >= 15 is 0 Å². The Morgan fingerprint density at radius 1 is 0.947 bits per heavy atom. The Morgan fingerprint density at radius 3 is 2.13 bits per heavy atom. The summed E-state index contributed by atoms with van der Waals surface area (Å²) in [6.45, 7) is 0.940. The largest absolute Gasteiger partial charge is 0.480 e. The highest BCUT2D eigenvalue weighted by atomic mass is 35.5. The Balaban J connectivity index is 1.84. The molecule has 6 nitrogen and oxygen atoms in total. The number of ketones is 1. The number of halogens is 5. The van der Waals surface area contributed by atoms with Gasteiger partial charge in [0, 0.05) is 10.0 Å². The van der Waals surface area contributed by atoms with Gasteiger partial charge in [0.15, 0.2) is 6.10 Å². The van der Waals surface area contributed by atoms with Crippen molar-refractivity contribution in [1.29, 1.82) is 0 Å². The number of benzene rings is 2. The van der Waals surface area contributed by atoms with Crippen molar-refractivity contribution in [2.24, 2.45) is 5.92 Å². The predicted octanol–water partition coefficient (Wildman–Crippen LogP) is 6.20. The van der Waals surface area contributed by atoms with Gasteiger partial charge < -0.3 is 15.4 Å². The maximum absolute atomic E-state index is 13.5. The normalized spacial score (nSPS) is 16.7. The molecule has 0 spiro atoms. The number of hydrogen-bond donors (Lipinski definition) is 2. The second-order valence-electron chi connectivity index (χ2n) is 9.40. The molecule has 1 fully saturated rings. The van der Waals surface area contributed by atoms with Crippen LogP contribution in [0.1, 0.15) is 57.1 Å². The average molecular weight is 573 g/mol. The van der Waals surface area contributed by atoms with E-state index in [4.69, 9.17) is 27.9 Å². The number of rotatable bonds is 10. The molecule has 11 heteroatoms. The summed E-state index contributed by atoms with van der Waals surface area (Å²) in [4.78, 5) is 38.2. The SMILES string of the molecule is C[C@H](NC(=O)[C@@H](NC(=O)C(CC1CCCCC1)Oc1cc(Cl)cc(Cl)c1)c1ccccc1)C(=O)C(F)(F)F. The quantitative estimate of drug-likeness (QED) is 0.354. The number of carbonyl (C=O) groups is 3. The average Bonchev–Trinajstić information content (AvgIpc) is 2.86. The third kappa shape index (κ3) is 8.63. The van der Waals surface area contributed by atoms with E-state index < -0.39 is 42.0 Å². The van der Waals surface area contributed by atoms with Crippen LogP contribution in [0.15, 0.2) is 48.5 Å². The van der Waals surface area contributed by atoms with Crippen molar-refractivity contribution in [2.45, 2.75) is 69.8 Å². The van der Waals surface area contributed by atoms with Crippen LogP contribution in [-0.4, -0.2) is 35.9 Å². The minimum absolute atomic E-state index is 0.211. The summed E-state index contributed by atoms with van der Waals surface area (Å²) < 4.78 is 44.6. The van der Waals surface area contributed by atoms with Crippen LogP contribution < -0.4 is 15.4 Å².